The molecule has 0 amide bonds. The molecule has 0 aromatic rings. The van der Waals surface area contributed by atoms with Crippen molar-refractivity contribution in [1.29, 1.82) is 0 Å². The third kappa shape index (κ3) is 6.11. The van der Waals surface area contributed by atoms with Crippen LogP contribution in [0.25, 0.3) is 0 Å². The Morgan fingerprint density at radius 1 is 1.31 bits per heavy atom. The summed E-state index contributed by atoms with van der Waals surface area (Å²) in [6.07, 6.45) is 6.82. The summed E-state index contributed by atoms with van der Waals surface area (Å²) in [6.45, 7) is 6.15. The van der Waals surface area contributed by atoms with E-state index in [4.69, 9.17) is 6.42 Å². The van der Waals surface area contributed by atoms with Crippen molar-refractivity contribution in [2.45, 2.75) is 26.7 Å². The van der Waals surface area contributed by atoms with Gasteiger partial charge in [0.25, 0.3) is 0 Å². The molecule has 0 bridgehead atoms. The van der Waals surface area contributed by atoms with Crippen LogP contribution in [0, 0.1) is 12.3 Å². The van der Waals surface area contributed by atoms with Gasteiger partial charge in [-0.2, -0.15) is 4.31 Å². The molecule has 0 spiro atoms. The lowest BCUT2D eigenvalue weighted by molar-refractivity contribution is 0.462. The molecule has 1 N–H and O–H groups in total. The summed E-state index contributed by atoms with van der Waals surface area (Å²) in [5.74, 6) is 2.53. The Kier molecular flexibility index (Phi) is 8.26. The number of rotatable bonds is 9. The summed E-state index contributed by atoms with van der Waals surface area (Å²) in [6, 6.07) is 0. The summed E-state index contributed by atoms with van der Waals surface area (Å²) < 4.78 is 24.9. The van der Waals surface area contributed by atoms with Gasteiger partial charge in [-0.25, -0.2) is 8.42 Å². The summed E-state index contributed by atoms with van der Waals surface area (Å²) in [5.41, 5.74) is 0. The molecule has 0 aromatic heterocycles. The molecule has 16 heavy (non-hydrogen) atoms. The van der Waals surface area contributed by atoms with Crippen LogP contribution in [0.5, 0.6) is 0 Å². The second-order valence-corrected chi connectivity index (χ2v) is 5.64. The number of nitrogens with zero attached hydrogens (tertiary/aromatic N) is 1. The number of hydrogen-bond acceptors (Lipinski definition) is 3. The van der Waals surface area contributed by atoms with Crippen molar-refractivity contribution in [3.63, 3.8) is 0 Å². The van der Waals surface area contributed by atoms with Gasteiger partial charge in [0.15, 0.2) is 0 Å². The minimum absolute atomic E-state index is 0.166. The van der Waals surface area contributed by atoms with Crippen LogP contribution in [0.3, 0.4) is 0 Å². The fraction of sp³-hybridized carbons (Fsp3) is 0.818. The van der Waals surface area contributed by atoms with Crippen LogP contribution < -0.4 is 5.32 Å². The average Bonchev–Trinajstić information content (AvgIpc) is 2.25. The lowest BCUT2D eigenvalue weighted by atomic mass is 10.4. The van der Waals surface area contributed by atoms with Crippen molar-refractivity contribution in [1.82, 2.24) is 9.62 Å². The maximum absolute atomic E-state index is 11.8. The van der Waals surface area contributed by atoms with E-state index in [-0.39, 0.29) is 12.3 Å². The van der Waals surface area contributed by atoms with E-state index in [0.717, 1.165) is 19.5 Å². The molecule has 0 atom stereocenters. The van der Waals surface area contributed by atoms with Gasteiger partial charge in [0.2, 0.25) is 10.0 Å². The molecule has 0 unspecified atom stereocenters. The smallest absolute Gasteiger partial charge is 0.215 e. The molecular weight excluding hydrogens is 224 g/mol. The van der Waals surface area contributed by atoms with Crippen molar-refractivity contribution >= 4 is 10.0 Å². The predicted octanol–water partition coefficient (Wildman–Crippen LogP) is 0.661. The molecule has 0 aliphatic heterocycles. The van der Waals surface area contributed by atoms with E-state index in [1.807, 2.05) is 0 Å². The highest BCUT2D eigenvalue weighted by Gasteiger charge is 2.18. The lowest BCUT2D eigenvalue weighted by Crippen LogP contribution is -2.34. The van der Waals surface area contributed by atoms with Crippen molar-refractivity contribution < 1.29 is 8.42 Å². The number of sulfonamides is 1. The van der Waals surface area contributed by atoms with E-state index in [1.54, 1.807) is 6.92 Å². The van der Waals surface area contributed by atoms with Crippen LogP contribution in [0.15, 0.2) is 0 Å². The fourth-order valence-electron chi connectivity index (χ4n) is 1.32. The van der Waals surface area contributed by atoms with Gasteiger partial charge in [-0.15, -0.1) is 6.42 Å². The Balaban J connectivity index is 3.99. The van der Waals surface area contributed by atoms with Crippen molar-refractivity contribution in [2.24, 2.45) is 0 Å². The molecule has 0 fully saturated rings. The first-order valence-corrected chi connectivity index (χ1v) is 7.31. The van der Waals surface area contributed by atoms with Crippen LogP contribution >= 0.6 is 0 Å². The predicted molar refractivity (Wildman–Crippen MR) is 67.6 cm³/mol. The van der Waals surface area contributed by atoms with Gasteiger partial charge in [0, 0.05) is 6.54 Å². The van der Waals surface area contributed by atoms with Crippen LogP contribution in [0.4, 0.5) is 0 Å². The number of terminal acetylenes is 1. The van der Waals surface area contributed by atoms with E-state index in [1.165, 1.54) is 4.31 Å². The van der Waals surface area contributed by atoms with Crippen LogP contribution in [0.1, 0.15) is 26.7 Å². The molecule has 94 valence electrons. The third-order valence-corrected chi connectivity index (χ3v) is 4.18. The third-order valence-electron chi connectivity index (χ3n) is 2.20. The Labute approximate surface area is 99.5 Å². The lowest BCUT2D eigenvalue weighted by Gasteiger charge is -2.17. The first kappa shape index (κ1) is 15.4. The highest BCUT2D eigenvalue weighted by Crippen LogP contribution is 2.02. The Morgan fingerprint density at radius 2 is 2.00 bits per heavy atom. The normalized spacial score (nSPS) is 11.6. The van der Waals surface area contributed by atoms with Crippen LogP contribution in [-0.4, -0.2) is 44.7 Å². The molecule has 4 nitrogen and oxygen atoms in total. The fourth-order valence-corrected chi connectivity index (χ4v) is 2.75. The molecule has 0 heterocycles. The zero-order chi connectivity index (χ0) is 12.4. The van der Waals surface area contributed by atoms with Crippen LogP contribution in [0.2, 0.25) is 0 Å². The van der Waals surface area contributed by atoms with Gasteiger partial charge in [-0.05, 0) is 25.9 Å². The zero-order valence-corrected chi connectivity index (χ0v) is 11.0. The van der Waals surface area contributed by atoms with E-state index in [9.17, 15) is 8.42 Å². The van der Waals surface area contributed by atoms with Crippen molar-refractivity contribution in [3.8, 4) is 12.3 Å². The molecule has 0 saturated heterocycles. The zero-order valence-electron chi connectivity index (χ0n) is 10.2. The molecule has 0 aliphatic rings. The first-order valence-electron chi connectivity index (χ1n) is 5.70. The van der Waals surface area contributed by atoms with E-state index in [0.29, 0.717) is 13.0 Å². The second-order valence-electron chi connectivity index (χ2n) is 3.55. The molecule has 5 heteroatoms. The Morgan fingerprint density at radius 3 is 2.50 bits per heavy atom. The minimum Gasteiger partial charge on any atom is -0.317 e. The molecule has 0 saturated carbocycles. The largest absolute Gasteiger partial charge is 0.317 e. The van der Waals surface area contributed by atoms with E-state index in [2.05, 4.69) is 18.2 Å². The highest BCUT2D eigenvalue weighted by molar-refractivity contribution is 7.89. The minimum atomic E-state index is -3.17. The van der Waals surface area contributed by atoms with Gasteiger partial charge in [-0.3, -0.25) is 0 Å². The van der Waals surface area contributed by atoms with Gasteiger partial charge in [-0.1, -0.05) is 19.8 Å². The Bertz CT molecular complexity index is 306. The highest BCUT2D eigenvalue weighted by atomic mass is 32.2. The van der Waals surface area contributed by atoms with Gasteiger partial charge >= 0.3 is 0 Å². The summed E-state index contributed by atoms with van der Waals surface area (Å²) in [5, 5.41) is 3.17. The Hall–Kier alpha value is -0.570. The molecule has 0 rings (SSSR count). The topological polar surface area (TPSA) is 49.4 Å². The number of nitrogens with one attached hydrogen (secondary N) is 1. The molecular formula is C11H22N2O2S. The second kappa shape index (κ2) is 8.57. The maximum atomic E-state index is 11.8. The van der Waals surface area contributed by atoms with E-state index < -0.39 is 10.0 Å². The summed E-state index contributed by atoms with van der Waals surface area (Å²) in [4.78, 5) is 0. The van der Waals surface area contributed by atoms with Gasteiger partial charge < -0.3 is 5.32 Å². The number of hydrogen-bond donors (Lipinski definition) is 1. The van der Waals surface area contributed by atoms with Gasteiger partial charge in [0.1, 0.15) is 0 Å². The first-order chi connectivity index (χ1) is 7.58. The van der Waals surface area contributed by atoms with Crippen molar-refractivity contribution in [2.75, 3.05) is 31.9 Å². The monoisotopic (exact) mass is 246 g/mol. The van der Waals surface area contributed by atoms with Crippen LogP contribution in [-0.2, 0) is 10.0 Å². The van der Waals surface area contributed by atoms with E-state index >= 15 is 0 Å². The van der Waals surface area contributed by atoms with Gasteiger partial charge in [0.05, 0.1) is 12.3 Å². The SMILES string of the molecule is C#CCN(CC)S(=O)(=O)CCCNCCC. The molecule has 0 aromatic carbocycles. The standard InChI is InChI=1S/C11H22N2O2S/c1-4-8-12-9-7-11-16(14,15)13(6-3)10-5-2/h2,12H,4,6-11H2,1,3H3. The quantitative estimate of drug-likeness (QED) is 0.480. The summed E-state index contributed by atoms with van der Waals surface area (Å²) in [7, 11) is -3.17. The summed E-state index contributed by atoms with van der Waals surface area (Å²) >= 11 is 0. The molecule has 0 radical (unpaired) electrons. The average molecular weight is 246 g/mol. The maximum Gasteiger partial charge on any atom is 0.215 e. The molecule has 0 aliphatic carbocycles. The van der Waals surface area contributed by atoms with Crippen molar-refractivity contribution in [3.05, 3.63) is 0 Å².